The van der Waals surface area contributed by atoms with E-state index < -0.39 is 12.0 Å². The molecule has 1 aliphatic heterocycles. The summed E-state index contributed by atoms with van der Waals surface area (Å²) in [5, 5.41) is 0.882. The number of aryl methyl sites for hydroxylation is 1. The molecular formula is C23H29N3O3. The van der Waals surface area contributed by atoms with Crippen LogP contribution in [0.4, 0.5) is 0 Å². The van der Waals surface area contributed by atoms with Crippen LogP contribution in [0.3, 0.4) is 0 Å². The number of hydrogen-bond acceptors (Lipinski definition) is 4. The maximum absolute atomic E-state index is 13.7. The number of pyridine rings is 1. The monoisotopic (exact) mass is 395 g/mol. The van der Waals surface area contributed by atoms with Gasteiger partial charge in [0.2, 0.25) is 5.91 Å². The van der Waals surface area contributed by atoms with Gasteiger partial charge in [0.1, 0.15) is 0 Å². The minimum Gasteiger partial charge on any atom is -0.367 e. The predicted molar refractivity (Wildman–Crippen MR) is 112 cm³/mol. The summed E-state index contributed by atoms with van der Waals surface area (Å²) < 4.78 is 5.44. The van der Waals surface area contributed by atoms with E-state index >= 15 is 0 Å². The number of fused-ring (bicyclic) bond motifs is 2. The summed E-state index contributed by atoms with van der Waals surface area (Å²) in [4.78, 5) is 31.9. The SMILES string of the molecule is CC(C)(C)C1CCc2nc3ccccc3c(C(=O)N3CCOC(C(N)=O)C3)c2C1. The molecule has 1 aromatic heterocycles. The summed E-state index contributed by atoms with van der Waals surface area (Å²) in [7, 11) is 0. The van der Waals surface area contributed by atoms with E-state index in [9.17, 15) is 9.59 Å². The Morgan fingerprint density at radius 2 is 2.00 bits per heavy atom. The molecule has 0 saturated carbocycles. The van der Waals surface area contributed by atoms with Crippen molar-refractivity contribution < 1.29 is 14.3 Å². The first-order chi connectivity index (χ1) is 13.8. The van der Waals surface area contributed by atoms with Crippen molar-refractivity contribution in [3.05, 3.63) is 41.1 Å². The highest BCUT2D eigenvalue weighted by Gasteiger charge is 2.35. The predicted octanol–water partition coefficient (Wildman–Crippen LogP) is 2.71. The molecular weight excluding hydrogens is 366 g/mol. The molecule has 2 aromatic rings. The fourth-order valence-corrected chi connectivity index (χ4v) is 4.54. The Hall–Kier alpha value is -2.47. The first kappa shape index (κ1) is 19.8. The lowest BCUT2D eigenvalue weighted by Gasteiger charge is -2.37. The molecule has 0 radical (unpaired) electrons. The van der Waals surface area contributed by atoms with E-state index in [0.29, 0.717) is 19.1 Å². The summed E-state index contributed by atoms with van der Waals surface area (Å²) >= 11 is 0. The third kappa shape index (κ3) is 3.73. The van der Waals surface area contributed by atoms with E-state index in [1.54, 1.807) is 4.90 Å². The molecule has 2 amide bonds. The molecule has 1 aromatic carbocycles. The molecule has 0 bridgehead atoms. The van der Waals surface area contributed by atoms with E-state index in [1.165, 1.54) is 0 Å². The van der Waals surface area contributed by atoms with E-state index in [2.05, 4.69) is 20.8 Å². The van der Waals surface area contributed by atoms with Crippen LogP contribution in [-0.4, -0.2) is 47.5 Å². The van der Waals surface area contributed by atoms with Gasteiger partial charge in [-0.2, -0.15) is 0 Å². The summed E-state index contributed by atoms with van der Waals surface area (Å²) in [5.41, 5.74) is 9.29. The third-order valence-electron chi connectivity index (χ3n) is 6.37. The molecule has 1 aliphatic carbocycles. The zero-order valence-electron chi connectivity index (χ0n) is 17.4. The van der Waals surface area contributed by atoms with Crippen molar-refractivity contribution in [3.8, 4) is 0 Å². The molecule has 154 valence electrons. The molecule has 1 saturated heterocycles. The van der Waals surface area contributed by atoms with Gasteiger partial charge in [0, 0.05) is 17.6 Å². The fourth-order valence-electron chi connectivity index (χ4n) is 4.54. The van der Waals surface area contributed by atoms with Crippen LogP contribution >= 0.6 is 0 Å². The number of carbonyl (C=O) groups excluding carboxylic acids is 2. The van der Waals surface area contributed by atoms with Gasteiger partial charge in [0.25, 0.3) is 5.91 Å². The lowest BCUT2D eigenvalue weighted by molar-refractivity contribution is -0.133. The van der Waals surface area contributed by atoms with Crippen molar-refractivity contribution in [2.24, 2.45) is 17.1 Å². The number of primary amides is 1. The fraction of sp³-hybridized carbons (Fsp3) is 0.522. The average Bonchev–Trinajstić information content (AvgIpc) is 2.70. The summed E-state index contributed by atoms with van der Waals surface area (Å²) in [6.07, 6.45) is 2.06. The number of rotatable bonds is 2. The zero-order valence-corrected chi connectivity index (χ0v) is 17.4. The van der Waals surface area contributed by atoms with Crippen molar-refractivity contribution in [1.29, 1.82) is 0 Å². The highest BCUT2D eigenvalue weighted by atomic mass is 16.5. The van der Waals surface area contributed by atoms with Crippen LogP contribution in [0.2, 0.25) is 0 Å². The van der Waals surface area contributed by atoms with Crippen LogP contribution in [-0.2, 0) is 22.4 Å². The van der Waals surface area contributed by atoms with Crippen LogP contribution in [0.15, 0.2) is 24.3 Å². The van der Waals surface area contributed by atoms with Gasteiger partial charge in [-0.25, -0.2) is 0 Å². The molecule has 6 nitrogen and oxygen atoms in total. The Balaban J connectivity index is 1.80. The standard InChI is InChI=1S/C23H29N3O3/c1-23(2,3)14-8-9-18-16(12-14)20(15-6-4-5-7-17(15)25-18)22(28)26-10-11-29-19(13-26)21(24)27/h4-7,14,19H,8-13H2,1-3H3,(H2,24,27). The molecule has 2 heterocycles. The number of amides is 2. The maximum atomic E-state index is 13.7. The van der Waals surface area contributed by atoms with Gasteiger partial charge in [-0.05, 0) is 42.2 Å². The number of para-hydroxylation sites is 1. The second-order valence-electron chi connectivity index (χ2n) is 9.25. The second-order valence-corrected chi connectivity index (χ2v) is 9.25. The average molecular weight is 396 g/mol. The third-order valence-corrected chi connectivity index (χ3v) is 6.37. The molecule has 1 fully saturated rings. The molecule has 2 unspecified atom stereocenters. The molecule has 4 rings (SSSR count). The van der Waals surface area contributed by atoms with E-state index in [1.807, 2.05) is 24.3 Å². The second kappa shape index (κ2) is 7.41. The van der Waals surface area contributed by atoms with Crippen LogP contribution in [0.1, 0.15) is 48.8 Å². The Bertz CT molecular complexity index is 964. The molecule has 0 spiro atoms. The number of hydrogen-bond donors (Lipinski definition) is 1. The minimum atomic E-state index is -0.751. The van der Waals surface area contributed by atoms with E-state index in [4.69, 9.17) is 15.5 Å². The summed E-state index contributed by atoms with van der Waals surface area (Å²) in [6.45, 7) is 7.75. The van der Waals surface area contributed by atoms with Gasteiger partial charge in [-0.15, -0.1) is 0 Å². The van der Waals surface area contributed by atoms with Crippen molar-refractivity contribution in [2.45, 2.75) is 46.1 Å². The number of morpholine rings is 1. The van der Waals surface area contributed by atoms with E-state index in [-0.39, 0.29) is 17.9 Å². The number of nitrogens with zero attached hydrogens (tertiary/aromatic N) is 2. The van der Waals surface area contributed by atoms with Crippen LogP contribution < -0.4 is 5.73 Å². The number of nitrogens with two attached hydrogens (primary N) is 1. The van der Waals surface area contributed by atoms with Crippen LogP contribution in [0.25, 0.3) is 10.9 Å². The van der Waals surface area contributed by atoms with Gasteiger partial charge in [-0.1, -0.05) is 39.0 Å². The normalized spacial score (nSPS) is 22.4. The van der Waals surface area contributed by atoms with Gasteiger partial charge >= 0.3 is 0 Å². The van der Waals surface area contributed by atoms with Crippen molar-refractivity contribution in [1.82, 2.24) is 9.88 Å². The van der Waals surface area contributed by atoms with E-state index in [0.717, 1.165) is 47.0 Å². The number of benzene rings is 1. The molecule has 2 aliphatic rings. The number of aromatic nitrogens is 1. The van der Waals surface area contributed by atoms with Crippen molar-refractivity contribution in [2.75, 3.05) is 19.7 Å². The number of ether oxygens (including phenoxy) is 1. The van der Waals surface area contributed by atoms with Gasteiger partial charge in [0.05, 0.1) is 24.2 Å². The smallest absolute Gasteiger partial charge is 0.255 e. The molecule has 6 heteroatoms. The Morgan fingerprint density at radius 3 is 2.72 bits per heavy atom. The van der Waals surface area contributed by atoms with Gasteiger partial charge in [0.15, 0.2) is 6.10 Å². The van der Waals surface area contributed by atoms with Crippen LogP contribution in [0, 0.1) is 11.3 Å². The lowest BCUT2D eigenvalue weighted by Crippen LogP contribution is -2.50. The Kier molecular flexibility index (Phi) is 5.07. The van der Waals surface area contributed by atoms with Gasteiger partial charge < -0.3 is 15.4 Å². The number of carbonyl (C=O) groups is 2. The van der Waals surface area contributed by atoms with Gasteiger partial charge in [-0.3, -0.25) is 14.6 Å². The first-order valence-electron chi connectivity index (χ1n) is 10.4. The Labute approximate surface area is 171 Å². The molecule has 2 atom stereocenters. The lowest BCUT2D eigenvalue weighted by atomic mass is 9.70. The highest BCUT2D eigenvalue weighted by molar-refractivity contribution is 6.08. The Morgan fingerprint density at radius 1 is 1.24 bits per heavy atom. The summed E-state index contributed by atoms with van der Waals surface area (Å²) in [6, 6.07) is 7.84. The zero-order chi connectivity index (χ0) is 20.8. The minimum absolute atomic E-state index is 0.0519. The molecule has 2 N–H and O–H groups in total. The van der Waals surface area contributed by atoms with Crippen molar-refractivity contribution in [3.63, 3.8) is 0 Å². The quantitative estimate of drug-likeness (QED) is 0.847. The first-order valence-corrected chi connectivity index (χ1v) is 10.4. The largest absolute Gasteiger partial charge is 0.367 e. The van der Waals surface area contributed by atoms with Crippen molar-refractivity contribution >= 4 is 22.7 Å². The summed E-state index contributed by atoms with van der Waals surface area (Å²) in [5.74, 6) is -0.0894. The maximum Gasteiger partial charge on any atom is 0.255 e. The van der Waals surface area contributed by atoms with Crippen LogP contribution in [0.5, 0.6) is 0 Å². The topological polar surface area (TPSA) is 85.5 Å². The molecule has 29 heavy (non-hydrogen) atoms. The highest BCUT2D eigenvalue weighted by Crippen LogP contribution is 2.39.